The van der Waals surface area contributed by atoms with Crippen molar-refractivity contribution in [2.45, 2.75) is 32.4 Å². The van der Waals surface area contributed by atoms with Gasteiger partial charge in [0, 0.05) is 64.2 Å². The molecule has 0 spiro atoms. The monoisotopic (exact) mass is 392 g/mol. The number of aromatic nitrogens is 4. The van der Waals surface area contributed by atoms with Gasteiger partial charge in [0.25, 0.3) is 0 Å². The van der Waals surface area contributed by atoms with Crippen molar-refractivity contribution in [3.63, 3.8) is 0 Å². The molecule has 0 atom stereocenters. The Morgan fingerprint density at radius 2 is 2.07 bits per heavy atom. The van der Waals surface area contributed by atoms with E-state index in [0.29, 0.717) is 13.1 Å². The molecular formula is C21H24N6O2. The van der Waals surface area contributed by atoms with Gasteiger partial charge in [0.15, 0.2) is 0 Å². The average molecular weight is 392 g/mol. The Bertz CT molecular complexity index is 1010. The third-order valence-corrected chi connectivity index (χ3v) is 5.07. The minimum atomic E-state index is -0.141. The summed E-state index contributed by atoms with van der Waals surface area (Å²) in [5.41, 5.74) is 2.79. The van der Waals surface area contributed by atoms with Gasteiger partial charge in [-0.2, -0.15) is 5.10 Å². The maximum absolute atomic E-state index is 12.8. The molecule has 4 rings (SSSR count). The second kappa shape index (κ2) is 8.30. The quantitative estimate of drug-likeness (QED) is 0.696. The second-order valence-electron chi connectivity index (χ2n) is 7.15. The van der Waals surface area contributed by atoms with Crippen molar-refractivity contribution in [1.82, 2.24) is 24.6 Å². The van der Waals surface area contributed by atoms with Gasteiger partial charge in [-0.05, 0) is 30.2 Å². The summed E-state index contributed by atoms with van der Waals surface area (Å²) in [4.78, 5) is 30.7. The topological polar surface area (TPSA) is 85.0 Å². The van der Waals surface area contributed by atoms with E-state index in [4.69, 9.17) is 0 Å². The molecule has 0 radical (unpaired) electrons. The van der Waals surface area contributed by atoms with E-state index >= 15 is 0 Å². The van der Waals surface area contributed by atoms with Gasteiger partial charge in [-0.1, -0.05) is 6.07 Å². The van der Waals surface area contributed by atoms with Gasteiger partial charge in [0.1, 0.15) is 11.5 Å². The van der Waals surface area contributed by atoms with Crippen molar-refractivity contribution < 1.29 is 9.59 Å². The number of hydrogen-bond donors (Lipinski definition) is 1. The van der Waals surface area contributed by atoms with Crippen LogP contribution >= 0.6 is 0 Å². The predicted molar refractivity (Wildman–Crippen MR) is 109 cm³/mol. The van der Waals surface area contributed by atoms with E-state index in [2.05, 4.69) is 15.4 Å². The fourth-order valence-corrected chi connectivity index (χ4v) is 3.53. The molecule has 0 aromatic carbocycles. The Morgan fingerprint density at radius 3 is 2.83 bits per heavy atom. The van der Waals surface area contributed by atoms with E-state index in [0.717, 1.165) is 35.7 Å². The SMILES string of the molecule is Cn1cccc1-c1cc2n(n1)CCCN2C(=O)CCC(=O)NCc1cccnc1. The molecule has 29 heavy (non-hydrogen) atoms. The summed E-state index contributed by atoms with van der Waals surface area (Å²) < 4.78 is 3.89. The van der Waals surface area contributed by atoms with Crippen LogP contribution in [0.2, 0.25) is 0 Å². The molecule has 2 amide bonds. The number of anilines is 1. The third kappa shape index (κ3) is 4.21. The first-order valence-electron chi connectivity index (χ1n) is 9.77. The van der Waals surface area contributed by atoms with Crippen molar-refractivity contribution >= 4 is 17.6 Å². The number of nitrogens with zero attached hydrogens (tertiary/aromatic N) is 5. The minimum Gasteiger partial charge on any atom is -0.352 e. The largest absolute Gasteiger partial charge is 0.352 e. The molecule has 3 aromatic rings. The Kier molecular flexibility index (Phi) is 5.41. The van der Waals surface area contributed by atoms with E-state index in [1.807, 2.05) is 52.8 Å². The smallest absolute Gasteiger partial charge is 0.228 e. The third-order valence-electron chi connectivity index (χ3n) is 5.07. The molecule has 0 saturated heterocycles. The number of rotatable bonds is 6. The van der Waals surface area contributed by atoms with Crippen LogP contribution in [0, 0.1) is 0 Å². The molecule has 0 aliphatic carbocycles. The lowest BCUT2D eigenvalue weighted by Gasteiger charge is -2.27. The Labute approximate surface area is 169 Å². The molecular weight excluding hydrogens is 368 g/mol. The van der Waals surface area contributed by atoms with Crippen molar-refractivity contribution in [3.8, 4) is 11.4 Å². The first-order valence-corrected chi connectivity index (χ1v) is 9.77. The lowest BCUT2D eigenvalue weighted by atomic mass is 10.2. The molecule has 0 saturated carbocycles. The molecule has 3 aromatic heterocycles. The Balaban J connectivity index is 1.37. The summed E-state index contributed by atoms with van der Waals surface area (Å²) in [6.07, 6.45) is 6.56. The van der Waals surface area contributed by atoms with Crippen LogP contribution in [0.4, 0.5) is 5.82 Å². The van der Waals surface area contributed by atoms with Crippen molar-refractivity contribution in [1.29, 1.82) is 0 Å². The highest BCUT2D eigenvalue weighted by Gasteiger charge is 2.25. The normalized spacial score (nSPS) is 13.2. The number of pyridine rings is 1. The van der Waals surface area contributed by atoms with Gasteiger partial charge in [-0.3, -0.25) is 19.5 Å². The van der Waals surface area contributed by atoms with Crippen LogP contribution in [-0.2, 0) is 29.7 Å². The van der Waals surface area contributed by atoms with E-state index in [9.17, 15) is 9.59 Å². The zero-order chi connectivity index (χ0) is 20.2. The minimum absolute atomic E-state index is 0.0548. The van der Waals surface area contributed by atoms with Crippen LogP contribution in [0.1, 0.15) is 24.8 Å². The van der Waals surface area contributed by atoms with Crippen LogP contribution in [-0.4, -0.2) is 37.7 Å². The number of carbonyl (C=O) groups is 2. The van der Waals surface area contributed by atoms with Gasteiger partial charge in [-0.15, -0.1) is 0 Å². The van der Waals surface area contributed by atoms with E-state index in [-0.39, 0.29) is 24.7 Å². The first kappa shape index (κ1) is 18.9. The summed E-state index contributed by atoms with van der Waals surface area (Å²) in [6.45, 7) is 1.85. The molecule has 1 aliphatic rings. The number of carbonyl (C=O) groups excluding carboxylic acids is 2. The number of aryl methyl sites for hydroxylation is 2. The standard InChI is InChI=1S/C21H24N6O2/c1-25-10-3-6-18(25)17-13-20-26(11-4-12-27(20)24-17)21(29)8-7-19(28)23-15-16-5-2-9-22-14-16/h2-3,5-6,9-10,13-14H,4,7-8,11-12,15H2,1H3,(H,23,28). The highest BCUT2D eigenvalue weighted by atomic mass is 16.2. The van der Waals surface area contributed by atoms with Crippen molar-refractivity contribution in [2.24, 2.45) is 7.05 Å². The van der Waals surface area contributed by atoms with Gasteiger partial charge in [0.2, 0.25) is 11.8 Å². The molecule has 0 unspecified atom stereocenters. The Morgan fingerprint density at radius 1 is 1.17 bits per heavy atom. The highest BCUT2D eigenvalue weighted by Crippen LogP contribution is 2.28. The van der Waals surface area contributed by atoms with Crippen LogP contribution in [0.15, 0.2) is 48.9 Å². The van der Waals surface area contributed by atoms with E-state index in [1.54, 1.807) is 17.3 Å². The molecule has 150 valence electrons. The van der Waals surface area contributed by atoms with Crippen LogP contribution < -0.4 is 10.2 Å². The number of fused-ring (bicyclic) bond motifs is 1. The fraction of sp³-hybridized carbons (Fsp3) is 0.333. The van der Waals surface area contributed by atoms with E-state index < -0.39 is 0 Å². The highest BCUT2D eigenvalue weighted by molar-refractivity contribution is 5.95. The molecule has 1 aliphatic heterocycles. The molecule has 8 heteroatoms. The molecule has 0 bridgehead atoms. The summed E-state index contributed by atoms with van der Waals surface area (Å²) in [7, 11) is 1.97. The van der Waals surface area contributed by atoms with Gasteiger partial charge in [-0.25, -0.2) is 4.68 Å². The average Bonchev–Trinajstić information content (AvgIpc) is 3.36. The predicted octanol–water partition coefficient (Wildman–Crippen LogP) is 2.12. The van der Waals surface area contributed by atoms with Gasteiger partial charge in [0.05, 0.1) is 5.69 Å². The summed E-state index contributed by atoms with van der Waals surface area (Å²) in [5.74, 6) is 0.603. The first-order chi connectivity index (χ1) is 14.1. The maximum Gasteiger partial charge on any atom is 0.228 e. The lowest BCUT2D eigenvalue weighted by Crippen LogP contribution is -2.38. The van der Waals surface area contributed by atoms with E-state index in [1.165, 1.54) is 0 Å². The number of hydrogen-bond acceptors (Lipinski definition) is 4. The van der Waals surface area contributed by atoms with Crippen molar-refractivity contribution in [3.05, 3.63) is 54.5 Å². The maximum atomic E-state index is 12.8. The second-order valence-corrected chi connectivity index (χ2v) is 7.15. The summed E-state index contributed by atoms with van der Waals surface area (Å²) in [6, 6.07) is 9.66. The van der Waals surface area contributed by atoms with Crippen molar-refractivity contribution in [2.75, 3.05) is 11.4 Å². The zero-order valence-electron chi connectivity index (χ0n) is 16.4. The molecule has 1 N–H and O–H groups in total. The lowest BCUT2D eigenvalue weighted by molar-refractivity contribution is -0.125. The molecule has 0 fully saturated rings. The Hall–Kier alpha value is -3.42. The number of nitrogens with one attached hydrogen (secondary N) is 1. The van der Waals surface area contributed by atoms with Gasteiger partial charge < -0.3 is 9.88 Å². The molecule has 8 nitrogen and oxygen atoms in total. The van der Waals surface area contributed by atoms with Crippen LogP contribution in [0.5, 0.6) is 0 Å². The van der Waals surface area contributed by atoms with Crippen LogP contribution in [0.3, 0.4) is 0 Å². The number of amides is 2. The summed E-state index contributed by atoms with van der Waals surface area (Å²) >= 11 is 0. The molecule has 4 heterocycles. The summed E-state index contributed by atoms with van der Waals surface area (Å²) in [5, 5.41) is 7.50. The van der Waals surface area contributed by atoms with Crippen LogP contribution in [0.25, 0.3) is 11.4 Å². The zero-order valence-corrected chi connectivity index (χ0v) is 16.4. The van der Waals surface area contributed by atoms with Gasteiger partial charge >= 0.3 is 0 Å². The fourth-order valence-electron chi connectivity index (χ4n) is 3.53.